The van der Waals surface area contributed by atoms with E-state index in [0.29, 0.717) is 38.2 Å². The quantitative estimate of drug-likeness (QED) is 0.825. The Morgan fingerprint density at radius 1 is 1.50 bits per heavy atom. The Kier molecular flexibility index (Phi) is 5.78. The molecule has 24 heavy (non-hydrogen) atoms. The lowest BCUT2D eigenvalue weighted by Crippen LogP contribution is -2.38. The number of carbonyl (C=O) groups excluding carboxylic acids is 1. The zero-order valence-electron chi connectivity index (χ0n) is 13.4. The lowest BCUT2D eigenvalue weighted by molar-refractivity contribution is -0.146. The smallest absolute Gasteiger partial charge is 0.337 e. The molecular formula is C16H19F3N4O. The van der Waals surface area contributed by atoms with Gasteiger partial charge in [0.15, 0.2) is 0 Å². The third-order valence-corrected chi connectivity index (χ3v) is 4.05. The molecule has 1 aliphatic rings. The number of aromatic nitrogens is 1. The highest BCUT2D eigenvalue weighted by Crippen LogP contribution is 2.22. The molecule has 0 bridgehead atoms. The maximum Gasteiger partial charge on any atom is 0.401 e. The number of rotatable bonds is 5. The lowest BCUT2D eigenvalue weighted by Gasteiger charge is -2.25. The van der Waals surface area contributed by atoms with Gasteiger partial charge in [-0.1, -0.05) is 6.92 Å². The van der Waals surface area contributed by atoms with Gasteiger partial charge in [0, 0.05) is 25.8 Å². The summed E-state index contributed by atoms with van der Waals surface area (Å²) in [6.45, 7) is 2.35. The highest BCUT2D eigenvalue weighted by Gasteiger charge is 2.33. The molecule has 0 aliphatic carbocycles. The minimum absolute atomic E-state index is 0.0228. The third-order valence-electron chi connectivity index (χ3n) is 4.05. The van der Waals surface area contributed by atoms with Crippen LogP contribution in [0, 0.1) is 17.2 Å². The first-order chi connectivity index (χ1) is 11.3. The average molecular weight is 340 g/mol. The van der Waals surface area contributed by atoms with E-state index in [9.17, 15) is 18.0 Å². The van der Waals surface area contributed by atoms with E-state index < -0.39 is 12.7 Å². The van der Waals surface area contributed by atoms with Gasteiger partial charge in [0.25, 0.3) is 5.91 Å². The molecule has 1 aromatic heterocycles. The molecule has 0 radical (unpaired) electrons. The second kappa shape index (κ2) is 7.62. The maximum absolute atomic E-state index is 12.5. The van der Waals surface area contributed by atoms with Gasteiger partial charge in [-0.25, -0.2) is 4.98 Å². The first-order valence-corrected chi connectivity index (χ1v) is 7.77. The third kappa shape index (κ3) is 4.93. The summed E-state index contributed by atoms with van der Waals surface area (Å²) in [7, 11) is 0. The van der Waals surface area contributed by atoms with Crippen molar-refractivity contribution >= 4 is 5.91 Å². The standard InChI is InChI=1S/C16H19F3N4O/c1-2-22(11-16(17,18)19)9-13-5-6-23(10-13)15(24)14-4-3-12(7-20)8-21-14/h3-4,8,13H,2,5-6,9-11H2,1H3/t13-/m0/s1. The van der Waals surface area contributed by atoms with Crippen LogP contribution in [0.2, 0.25) is 0 Å². The van der Waals surface area contributed by atoms with Crippen LogP contribution in [0.1, 0.15) is 29.4 Å². The van der Waals surface area contributed by atoms with Crippen molar-refractivity contribution in [1.82, 2.24) is 14.8 Å². The van der Waals surface area contributed by atoms with Gasteiger partial charge in [0.05, 0.1) is 12.1 Å². The molecule has 130 valence electrons. The highest BCUT2D eigenvalue weighted by molar-refractivity contribution is 5.92. The van der Waals surface area contributed by atoms with Crippen molar-refractivity contribution in [2.75, 3.05) is 32.7 Å². The Balaban J connectivity index is 1.92. The molecule has 1 aliphatic heterocycles. The number of hydrogen-bond acceptors (Lipinski definition) is 4. The van der Waals surface area contributed by atoms with Gasteiger partial charge in [-0.3, -0.25) is 9.69 Å². The van der Waals surface area contributed by atoms with Gasteiger partial charge >= 0.3 is 6.18 Å². The maximum atomic E-state index is 12.5. The largest absolute Gasteiger partial charge is 0.401 e. The van der Waals surface area contributed by atoms with Crippen LogP contribution in [0.5, 0.6) is 0 Å². The molecule has 0 aromatic carbocycles. The first-order valence-electron chi connectivity index (χ1n) is 7.77. The van der Waals surface area contributed by atoms with E-state index in [0.717, 1.165) is 0 Å². The zero-order valence-corrected chi connectivity index (χ0v) is 13.4. The number of likely N-dealkylation sites (tertiary alicyclic amines) is 1. The van der Waals surface area contributed by atoms with Crippen LogP contribution < -0.4 is 0 Å². The van der Waals surface area contributed by atoms with Crippen molar-refractivity contribution in [1.29, 1.82) is 5.26 Å². The Bertz CT molecular complexity index is 609. The van der Waals surface area contributed by atoms with Crippen LogP contribution >= 0.6 is 0 Å². The summed E-state index contributed by atoms with van der Waals surface area (Å²) in [5, 5.41) is 8.73. The van der Waals surface area contributed by atoms with E-state index in [4.69, 9.17) is 5.26 Å². The normalized spacial score (nSPS) is 18.0. The molecule has 2 heterocycles. The molecule has 0 saturated carbocycles. The predicted octanol–water partition coefficient (Wildman–Crippen LogP) is 2.30. The number of pyridine rings is 1. The van der Waals surface area contributed by atoms with Crippen LogP contribution in [0.3, 0.4) is 0 Å². The molecule has 8 heteroatoms. The van der Waals surface area contributed by atoms with E-state index >= 15 is 0 Å². The molecular weight excluding hydrogens is 321 g/mol. The number of carbonyl (C=O) groups is 1. The fraction of sp³-hybridized carbons (Fsp3) is 0.562. The van der Waals surface area contributed by atoms with Crippen LogP contribution in [0.15, 0.2) is 18.3 Å². The molecule has 0 unspecified atom stereocenters. The van der Waals surface area contributed by atoms with Crippen molar-refractivity contribution in [3.63, 3.8) is 0 Å². The number of amides is 1. The topological polar surface area (TPSA) is 60.2 Å². The summed E-state index contributed by atoms with van der Waals surface area (Å²) in [5.74, 6) is -0.226. The number of alkyl halides is 3. The van der Waals surface area contributed by atoms with Crippen LogP contribution in [-0.2, 0) is 0 Å². The van der Waals surface area contributed by atoms with E-state index in [2.05, 4.69) is 4.98 Å². The SMILES string of the molecule is CCN(C[C@@H]1CCN(C(=O)c2ccc(C#N)cn2)C1)CC(F)(F)F. The zero-order chi connectivity index (χ0) is 17.7. The van der Waals surface area contributed by atoms with Crippen LogP contribution in [-0.4, -0.2) is 59.6 Å². The Hall–Kier alpha value is -2.14. The van der Waals surface area contributed by atoms with Gasteiger partial charge in [0.1, 0.15) is 11.8 Å². The molecule has 0 N–H and O–H groups in total. The van der Waals surface area contributed by atoms with Crippen molar-refractivity contribution in [3.05, 3.63) is 29.6 Å². The van der Waals surface area contributed by atoms with Crippen molar-refractivity contribution in [3.8, 4) is 6.07 Å². The fourth-order valence-electron chi connectivity index (χ4n) is 2.84. The molecule has 0 spiro atoms. The summed E-state index contributed by atoms with van der Waals surface area (Å²) >= 11 is 0. The van der Waals surface area contributed by atoms with Crippen molar-refractivity contribution in [2.45, 2.75) is 19.5 Å². The first kappa shape index (κ1) is 18.2. The highest BCUT2D eigenvalue weighted by atomic mass is 19.4. The number of nitriles is 1. The molecule has 1 fully saturated rings. The van der Waals surface area contributed by atoms with Crippen molar-refractivity contribution < 1.29 is 18.0 Å². The molecule has 1 aromatic rings. The van der Waals surface area contributed by atoms with E-state index in [-0.39, 0.29) is 17.5 Å². The van der Waals surface area contributed by atoms with Gasteiger partial charge in [-0.15, -0.1) is 0 Å². The van der Waals surface area contributed by atoms with Crippen LogP contribution in [0.25, 0.3) is 0 Å². The minimum Gasteiger partial charge on any atom is -0.337 e. The summed E-state index contributed by atoms with van der Waals surface area (Å²) in [4.78, 5) is 19.3. The number of halogens is 3. The molecule has 5 nitrogen and oxygen atoms in total. The second-order valence-corrected chi connectivity index (χ2v) is 5.89. The molecule has 1 amide bonds. The van der Waals surface area contributed by atoms with Crippen LogP contribution in [0.4, 0.5) is 13.2 Å². The Labute approximate surface area is 138 Å². The monoisotopic (exact) mass is 340 g/mol. The fourth-order valence-corrected chi connectivity index (χ4v) is 2.84. The molecule has 2 rings (SSSR count). The number of hydrogen-bond donors (Lipinski definition) is 0. The van der Waals surface area contributed by atoms with Gasteiger partial charge in [-0.05, 0) is 31.0 Å². The molecule has 1 atom stereocenters. The number of nitrogens with zero attached hydrogens (tertiary/aromatic N) is 4. The Morgan fingerprint density at radius 2 is 2.25 bits per heavy atom. The van der Waals surface area contributed by atoms with Gasteiger partial charge in [0.2, 0.25) is 0 Å². The summed E-state index contributed by atoms with van der Waals surface area (Å²) in [6.07, 6.45) is -2.20. The second-order valence-electron chi connectivity index (χ2n) is 5.89. The summed E-state index contributed by atoms with van der Waals surface area (Å²) in [5.41, 5.74) is 0.619. The van der Waals surface area contributed by atoms with Gasteiger partial charge in [-0.2, -0.15) is 18.4 Å². The van der Waals surface area contributed by atoms with E-state index in [1.54, 1.807) is 11.8 Å². The van der Waals surface area contributed by atoms with E-state index in [1.165, 1.54) is 23.2 Å². The lowest BCUT2D eigenvalue weighted by atomic mass is 10.1. The average Bonchev–Trinajstić information content (AvgIpc) is 3.01. The predicted molar refractivity (Wildman–Crippen MR) is 81.1 cm³/mol. The van der Waals surface area contributed by atoms with Crippen molar-refractivity contribution in [2.24, 2.45) is 5.92 Å². The van der Waals surface area contributed by atoms with E-state index in [1.807, 2.05) is 6.07 Å². The molecule has 1 saturated heterocycles. The summed E-state index contributed by atoms with van der Waals surface area (Å²) < 4.78 is 37.6. The Morgan fingerprint density at radius 3 is 2.79 bits per heavy atom. The van der Waals surface area contributed by atoms with Gasteiger partial charge < -0.3 is 4.90 Å². The minimum atomic E-state index is -4.21. The summed E-state index contributed by atoms with van der Waals surface area (Å²) in [6, 6.07) is 4.95.